The maximum Gasteiger partial charge on any atom is 0.417 e. The molecule has 1 unspecified atom stereocenters. The van der Waals surface area contributed by atoms with E-state index in [1.165, 1.54) is 12.1 Å². The zero-order valence-electron chi connectivity index (χ0n) is 8.46. The molecule has 0 aliphatic carbocycles. The summed E-state index contributed by atoms with van der Waals surface area (Å²) in [6.45, 7) is 0. The second-order valence-electron chi connectivity index (χ2n) is 3.35. The van der Waals surface area contributed by atoms with E-state index in [4.69, 9.17) is 16.9 Å². The van der Waals surface area contributed by atoms with Crippen LogP contribution >= 0.6 is 11.6 Å². The summed E-state index contributed by atoms with van der Waals surface area (Å²) >= 11 is 5.53. The predicted molar refractivity (Wildman–Crippen MR) is 55.6 cm³/mol. The van der Waals surface area contributed by atoms with Crippen LogP contribution in [0.2, 0.25) is 0 Å². The minimum atomic E-state index is -4.59. The van der Waals surface area contributed by atoms with Crippen molar-refractivity contribution in [3.8, 4) is 6.07 Å². The molecule has 6 heteroatoms. The molecule has 0 spiro atoms. The summed E-state index contributed by atoms with van der Waals surface area (Å²) in [5, 5.41) is 7.70. The Bertz CT molecular complexity index is 465. The van der Waals surface area contributed by atoms with Gasteiger partial charge < -0.3 is 4.79 Å². The zero-order chi connectivity index (χ0) is 13.1. The van der Waals surface area contributed by atoms with Gasteiger partial charge in [-0.3, -0.25) is 0 Å². The van der Waals surface area contributed by atoms with E-state index in [1.54, 1.807) is 0 Å². The number of rotatable bonds is 3. The summed E-state index contributed by atoms with van der Waals surface area (Å²) < 4.78 is 37.7. The van der Waals surface area contributed by atoms with Gasteiger partial charge in [0.2, 0.25) is 0 Å². The van der Waals surface area contributed by atoms with Gasteiger partial charge >= 0.3 is 6.18 Å². The molecule has 0 aliphatic heterocycles. The largest absolute Gasteiger partial charge is 0.417 e. The molecule has 1 rings (SSSR count). The summed E-state index contributed by atoms with van der Waals surface area (Å²) in [6.07, 6.45) is -4.14. The number of nitriles is 1. The van der Waals surface area contributed by atoms with Crippen molar-refractivity contribution in [3.05, 3.63) is 34.9 Å². The molecule has 0 saturated carbocycles. The molecule has 0 aromatic heterocycles. The van der Waals surface area contributed by atoms with E-state index in [0.29, 0.717) is 6.29 Å². The van der Waals surface area contributed by atoms with Gasteiger partial charge in [0.25, 0.3) is 0 Å². The minimum absolute atomic E-state index is 0.000155. The van der Waals surface area contributed by atoms with Gasteiger partial charge in [-0.2, -0.15) is 18.4 Å². The zero-order valence-corrected chi connectivity index (χ0v) is 9.22. The van der Waals surface area contributed by atoms with Crippen LogP contribution in [-0.2, 0) is 17.4 Å². The number of carbonyl (C=O) groups is 1. The Kier molecular flexibility index (Phi) is 4.13. The molecule has 2 nitrogen and oxygen atoms in total. The van der Waals surface area contributed by atoms with E-state index in [2.05, 4.69) is 0 Å². The number of hydrogen-bond donors (Lipinski definition) is 0. The van der Waals surface area contributed by atoms with Crippen molar-refractivity contribution in [2.75, 3.05) is 0 Å². The monoisotopic (exact) mass is 261 g/mol. The highest BCUT2D eigenvalue weighted by molar-refractivity contribution is 6.27. The molecular formula is C11H7ClF3NO. The van der Waals surface area contributed by atoms with E-state index in [1.807, 2.05) is 0 Å². The SMILES string of the molecule is N#Cc1ccc(CC(Cl)C=O)cc1C(F)(F)F. The number of benzene rings is 1. The van der Waals surface area contributed by atoms with Gasteiger partial charge in [-0.05, 0) is 24.1 Å². The van der Waals surface area contributed by atoms with Crippen molar-refractivity contribution in [1.82, 2.24) is 0 Å². The normalized spacial score (nSPS) is 12.9. The lowest BCUT2D eigenvalue weighted by Gasteiger charge is -2.11. The van der Waals surface area contributed by atoms with Gasteiger partial charge in [0.1, 0.15) is 6.29 Å². The van der Waals surface area contributed by atoms with Crippen LogP contribution in [0.3, 0.4) is 0 Å². The Balaban J connectivity index is 3.15. The fourth-order valence-electron chi connectivity index (χ4n) is 1.32. The fourth-order valence-corrected chi connectivity index (χ4v) is 1.50. The number of aldehydes is 1. The van der Waals surface area contributed by atoms with Gasteiger partial charge in [0.15, 0.2) is 0 Å². The standard InChI is InChI=1S/C11H7ClF3NO/c12-9(6-17)3-7-1-2-8(5-16)10(4-7)11(13,14)15/h1-2,4,6,9H,3H2. The van der Waals surface area contributed by atoms with Gasteiger partial charge in [-0.15, -0.1) is 11.6 Å². The van der Waals surface area contributed by atoms with Crippen LogP contribution in [0.5, 0.6) is 0 Å². The van der Waals surface area contributed by atoms with Crippen LogP contribution in [0.1, 0.15) is 16.7 Å². The Hall–Kier alpha value is -1.54. The molecule has 0 heterocycles. The molecule has 0 saturated heterocycles. The highest BCUT2D eigenvalue weighted by Gasteiger charge is 2.33. The number of nitrogens with zero attached hydrogens (tertiary/aromatic N) is 1. The van der Waals surface area contributed by atoms with Gasteiger partial charge in [0.05, 0.1) is 22.6 Å². The molecule has 1 atom stereocenters. The summed E-state index contributed by atoms with van der Waals surface area (Å²) in [5.41, 5.74) is -1.19. The maximum absolute atomic E-state index is 12.6. The van der Waals surface area contributed by atoms with Crippen molar-refractivity contribution in [2.24, 2.45) is 0 Å². The average molecular weight is 262 g/mol. The molecule has 0 radical (unpaired) electrons. The quantitative estimate of drug-likeness (QED) is 0.620. The van der Waals surface area contributed by atoms with E-state index < -0.39 is 22.7 Å². The summed E-state index contributed by atoms with van der Waals surface area (Å²) in [4.78, 5) is 10.3. The third kappa shape index (κ3) is 3.46. The number of hydrogen-bond acceptors (Lipinski definition) is 2. The van der Waals surface area contributed by atoms with E-state index in [-0.39, 0.29) is 12.0 Å². The van der Waals surface area contributed by atoms with Crippen LogP contribution in [0.15, 0.2) is 18.2 Å². The highest BCUT2D eigenvalue weighted by atomic mass is 35.5. The smallest absolute Gasteiger partial charge is 0.302 e. The molecule has 17 heavy (non-hydrogen) atoms. The van der Waals surface area contributed by atoms with E-state index in [0.717, 1.165) is 12.1 Å². The average Bonchev–Trinajstić information content (AvgIpc) is 2.27. The Morgan fingerprint density at radius 3 is 2.59 bits per heavy atom. The predicted octanol–water partition coefficient (Wildman–Crippen LogP) is 2.93. The molecule has 90 valence electrons. The maximum atomic E-state index is 12.6. The van der Waals surface area contributed by atoms with Crippen molar-refractivity contribution in [2.45, 2.75) is 18.0 Å². The summed E-state index contributed by atoms with van der Waals surface area (Å²) in [7, 11) is 0. The molecule has 0 bridgehead atoms. The van der Waals surface area contributed by atoms with Crippen LogP contribution < -0.4 is 0 Å². The van der Waals surface area contributed by atoms with E-state index >= 15 is 0 Å². The topological polar surface area (TPSA) is 40.9 Å². The van der Waals surface area contributed by atoms with Crippen LogP contribution in [0, 0.1) is 11.3 Å². The molecular weight excluding hydrogens is 255 g/mol. The Labute approximate surface area is 101 Å². The molecule has 1 aromatic carbocycles. The lowest BCUT2D eigenvalue weighted by molar-refractivity contribution is -0.137. The Morgan fingerprint density at radius 2 is 2.12 bits per heavy atom. The third-order valence-corrected chi connectivity index (χ3v) is 2.35. The second-order valence-corrected chi connectivity index (χ2v) is 3.91. The first-order valence-electron chi connectivity index (χ1n) is 4.58. The van der Waals surface area contributed by atoms with Crippen molar-refractivity contribution < 1.29 is 18.0 Å². The van der Waals surface area contributed by atoms with Crippen molar-refractivity contribution in [1.29, 1.82) is 5.26 Å². The summed E-state index contributed by atoms with van der Waals surface area (Å²) in [5.74, 6) is 0. The number of alkyl halides is 4. The van der Waals surface area contributed by atoms with Crippen LogP contribution in [-0.4, -0.2) is 11.7 Å². The van der Waals surface area contributed by atoms with E-state index in [9.17, 15) is 18.0 Å². The molecule has 0 fully saturated rings. The first-order chi connectivity index (χ1) is 7.88. The first-order valence-corrected chi connectivity index (χ1v) is 5.01. The molecule has 1 aromatic rings. The number of carbonyl (C=O) groups excluding carboxylic acids is 1. The highest BCUT2D eigenvalue weighted by Crippen LogP contribution is 2.32. The van der Waals surface area contributed by atoms with Gasteiger partial charge in [0, 0.05) is 0 Å². The fraction of sp³-hybridized carbons (Fsp3) is 0.273. The number of halogens is 4. The molecule has 0 N–H and O–H groups in total. The molecule has 0 aliphatic rings. The lowest BCUT2D eigenvalue weighted by Crippen LogP contribution is -2.10. The summed E-state index contributed by atoms with van der Waals surface area (Å²) in [6, 6.07) is 4.75. The third-order valence-electron chi connectivity index (χ3n) is 2.09. The van der Waals surface area contributed by atoms with Gasteiger partial charge in [-0.25, -0.2) is 0 Å². The Morgan fingerprint density at radius 1 is 1.47 bits per heavy atom. The first kappa shape index (κ1) is 13.5. The van der Waals surface area contributed by atoms with Crippen LogP contribution in [0.4, 0.5) is 13.2 Å². The lowest BCUT2D eigenvalue weighted by atomic mass is 10.0. The van der Waals surface area contributed by atoms with Crippen molar-refractivity contribution in [3.63, 3.8) is 0 Å². The van der Waals surface area contributed by atoms with Crippen LogP contribution in [0.25, 0.3) is 0 Å². The second kappa shape index (κ2) is 5.19. The van der Waals surface area contributed by atoms with Crippen molar-refractivity contribution >= 4 is 17.9 Å². The minimum Gasteiger partial charge on any atom is -0.302 e. The molecule has 0 amide bonds. The van der Waals surface area contributed by atoms with Gasteiger partial charge in [-0.1, -0.05) is 6.07 Å².